The van der Waals surface area contributed by atoms with Gasteiger partial charge in [0, 0.05) is 11.6 Å². The zero-order valence-electron chi connectivity index (χ0n) is 16.1. The number of hydrogen-bond acceptors (Lipinski definition) is 5. The predicted octanol–water partition coefficient (Wildman–Crippen LogP) is 2.92. The van der Waals surface area contributed by atoms with Gasteiger partial charge in [-0.25, -0.2) is 4.79 Å². The molecule has 1 aliphatic heterocycles. The lowest BCUT2D eigenvalue weighted by Gasteiger charge is -2.27. The van der Waals surface area contributed by atoms with Crippen molar-refractivity contribution in [1.82, 2.24) is 4.90 Å². The molecule has 0 unspecified atom stereocenters. The van der Waals surface area contributed by atoms with Crippen molar-refractivity contribution in [2.75, 3.05) is 13.2 Å². The number of amides is 1. The molecule has 1 amide bonds. The van der Waals surface area contributed by atoms with Crippen molar-refractivity contribution in [2.24, 2.45) is 10.4 Å². The van der Waals surface area contributed by atoms with Gasteiger partial charge in [0.1, 0.15) is 5.70 Å². The Morgan fingerprint density at radius 1 is 1.19 bits per heavy atom. The van der Waals surface area contributed by atoms with E-state index < -0.39 is 23.1 Å². The van der Waals surface area contributed by atoms with Crippen molar-refractivity contribution in [3.63, 3.8) is 0 Å². The summed E-state index contributed by atoms with van der Waals surface area (Å²) >= 11 is 0. The average Bonchev–Trinajstić information content (AvgIpc) is 2.70. The molecule has 0 spiro atoms. The van der Waals surface area contributed by atoms with Crippen molar-refractivity contribution in [1.29, 1.82) is 0 Å². The van der Waals surface area contributed by atoms with E-state index in [1.54, 1.807) is 13.8 Å². The number of nitrogens with zero attached hydrogens (tertiary/aromatic N) is 2. The van der Waals surface area contributed by atoms with Gasteiger partial charge in [-0.3, -0.25) is 19.5 Å². The van der Waals surface area contributed by atoms with Gasteiger partial charge in [0.2, 0.25) is 5.78 Å². The lowest BCUT2D eigenvalue weighted by atomic mass is 9.84. The molecule has 0 atom stereocenters. The van der Waals surface area contributed by atoms with Crippen LogP contribution in [0.5, 0.6) is 0 Å². The summed E-state index contributed by atoms with van der Waals surface area (Å²) < 4.78 is 5.29. The summed E-state index contributed by atoms with van der Waals surface area (Å²) in [6, 6.07) is 9.91. The molecule has 1 aromatic rings. The number of Topliss-reactive ketones (excluding diaryl/α,β-unsaturated/α-hetero) is 1. The van der Waals surface area contributed by atoms with Crippen LogP contribution in [0.3, 0.4) is 0 Å². The lowest BCUT2D eigenvalue weighted by molar-refractivity contribution is -0.150. The third-order valence-electron chi connectivity index (χ3n) is 4.69. The molecule has 1 heterocycles. The monoisotopic (exact) mass is 370 g/mol. The molecule has 0 aliphatic carbocycles. The summed E-state index contributed by atoms with van der Waals surface area (Å²) in [5.74, 6) is -1.88. The summed E-state index contributed by atoms with van der Waals surface area (Å²) in [6.07, 6.45) is 4.74. The van der Waals surface area contributed by atoms with Crippen LogP contribution >= 0.6 is 0 Å². The SMILES string of the molecule is CCC(C)(C)C(=O)C(=O)N1CC=NC=C1C(=O)OCCCc1ccccc1. The first-order valence-electron chi connectivity index (χ1n) is 9.16. The molecule has 1 aromatic carbocycles. The number of aliphatic imine (C=N–C) groups is 1. The van der Waals surface area contributed by atoms with Crippen LogP contribution in [0.15, 0.2) is 47.2 Å². The second-order valence-corrected chi connectivity index (χ2v) is 7.05. The first-order valence-corrected chi connectivity index (χ1v) is 9.16. The highest BCUT2D eigenvalue weighted by atomic mass is 16.5. The summed E-state index contributed by atoms with van der Waals surface area (Å²) in [4.78, 5) is 42.5. The third-order valence-corrected chi connectivity index (χ3v) is 4.69. The van der Waals surface area contributed by atoms with Crippen LogP contribution in [-0.4, -0.2) is 41.9 Å². The quantitative estimate of drug-likeness (QED) is 0.400. The van der Waals surface area contributed by atoms with E-state index >= 15 is 0 Å². The second kappa shape index (κ2) is 9.26. The first kappa shape index (κ1) is 20.6. The van der Waals surface area contributed by atoms with Crippen LogP contribution in [0.25, 0.3) is 0 Å². The highest BCUT2D eigenvalue weighted by Crippen LogP contribution is 2.23. The lowest BCUT2D eigenvalue weighted by Crippen LogP contribution is -2.45. The molecular formula is C21H26N2O4. The minimum atomic E-state index is -0.781. The fraction of sp³-hybridized carbons (Fsp3) is 0.429. The molecule has 0 fully saturated rings. The van der Waals surface area contributed by atoms with E-state index in [9.17, 15) is 14.4 Å². The number of aryl methyl sites for hydroxylation is 1. The molecule has 6 heteroatoms. The van der Waals surface area contributed by atoms with Gasteiger partial charge in [-0.1, -0.05) is 51.1 Å². The molecule has 0 radical (unpaired) electrons. The van der Waals surface area contributed by atoms with E-state index in [4.69, 9.17) is 4.74 Å². The summed E-state index contributed by atoms with van der Waals surface area (Å²) in [5.41, 5.74) is 0.387. The molecule has 1 aliphatic rings. The average molecular weight is 370 g/mol. The van der Waals surface area contributed by atoms with Gasteiger partial charge in [0.05, 0.1) is 19.4 Å². The van der Waals surface area contributed by atoms with Crippen LogP contribution in [-0.2, 0) is 25.5 Å². The smallest absolute Gasteiger partial charge is 0.356 e. The minimum absolute atomic E-state index is 0.00228. The third kappa shape index (κ3) is 5.36. The van der Waals surface area contributed by atoms with Crippen molar-refractivity contribution in [3.05, 3.63) is 47.8 Å². The molecule has 0 aromatic heterocycles. The maximum absolute atomic E-state index is 12.6. The zero-order chi connectivity index (χ0) is 19.9. The number of benzene rings is 1. The van der Waals surface area contributed by atoms with E-state index in [0.29, 0.717) is 12.8 Å². The normalized spacial score (nSPS) is 13.9. The minimum Gasteiger partial charge on any atom is -0.461 e. The Kier molecular flexibility index (Phi) is 7.05. The van der Waals surface area contributed by atoms with Crippen molar-refractivity contribution >= 4 is 23.9 Å². The Morgan fingerprint density at radius 2 is 1.89 bits per heavy atom. The summed E-state index contributed by atoms with van der Waals surface area (Å²) in [7, 11) is 0. The van der Waals surface area contributed by atoms with Crippen molar-refractivity contribution in [2.45, 2.75) is 40.0 Å². The molecule has 144 valence electrons. The molecular weight excluding hydrogens is 344 g/mol. The number of hydrogen-bond donors (Lipinski definition) is 0. The zero-order valence-corrected chi connectivity index (χ0v) is 16.1. The van der Waals surface area contributed by atoms with Crippen LogP contribution < -0.4 is 0 Å². The molecule has 0 saturated carbocycles. The number of ketones is 1. The highest BCUT2D eigenvalue weighted by molar-refractivity contribution is 6.39. The number of carbonyl (C=O) groups is 3. The Labute approximate surface area is 159 Å². The van der Waals surface area contributed by atoms with Gasteiger partial charge in [0.25, 0.3) is 5.91 Å². The number of esters is 1. The highest BCUT2D eigenvalue weighted by Gasteiger charge is 2.37. The van der Waals surface area contributed by atoms with Gasteiger partial charge in [-0.2, -0.15) is 0 Å². The van der Waals surface area contributed by atoms with Gasteiger partial charge in [-0.05, 0) is 24.8 Å². The molecule has 0 N–H and O–H groups in total. The molecule has 2 rings (SSSR count). The Hall–Kier alpha value is -2.76. The van der Waals surface area contributed by atoms with E-state index in [-0.39, 0.29) is 18.8 Å². The van der Waals surface area contributed by atoms with E-state index in [1.165, 1.54) is 18.0 Å². The fourth-order valence-corrected chi connectivity index (χ4v) is 2.51. The molecule has 0 saturated heterocycles. The molecule has 27 heavy (non-hydrogen) atoms. The summed E-state index contributed by atoms with van der Waals surface area (Å²) in [6.45, 7) is 5.59. The Balaban J connectivity index is 1.94. The first-order chi connectivity index (χ1) is 12.9. The topological polar surface area (TPSA) is 76.0 Å². The van der Waals surface area contributed by atoms with Gasteiger partial charge >= 0.3 is 5.97 Å². The fourth-order valence-electron chi connectivity index (χ4n) is 2.51. The molecule has 6 nitrogen and oxygen atoms in total. The van der Waals surface area contributed by atoms with Gasteiger partial charge in [0.15, 0.2) is 0 Å². The van der Waals surface area contributed by atoms with Gasteiger partial charge in [-0.15, -0.1) is 0 Å². The Bertz CT molecular complexity index is 751. The summed E-state index contributed by atoms with van der Waals surface area (Å²) in [5, 5.41) is 0. The van der Waals surface area contributed by atoms with E-state index in [0.717, 1.165) is 11.3 Å². The number of carbonyl (C=O) groups excluding carboxylic acids is 3. The second-order valence-electron chi connectivity index (χ2n) is 7.05. The maximum atomic E-state index is 12.6. The van der Waals surface area contributed by atoms with Crippen LogP contribution in [0.4, 0.5) is 0 Å². The van der Waals surface area contributed by atoms with Crippen molar-refractivity contribution in [3.8, 4) is 0 Å². The maximum Gasteiger partial charge on any atom is 0.356 e. The largest absolute Gasteiger partial charge is 0.461 e. The standard InChI is InChI=1S/C21H26N2O4/c1-4-21(2,3)18(24)19(25)23-13-12-22-15-17(23)20(26)27-14-8-11-16-9-6-5-7-10-16/h5-7,9-10,12,15H,4,8,11,13-14H2,1-3H3. The Morgan fingerprint density at radius 3 is 2.56 bits per heavy atom. The number of rotatable bonds is 8. The van der Waals surface area contributed by atoms with E-state index in [2.05, 4.69) is 4.99 Å². The predicted molar refractivity (Wildman–Crippen MR) is 103 cm³/mol. The van der Waals surface area contributed by atoms with Crippen LogP contribution in [0.1, 0.15) is 39.2 Å². The van der Waals surface area contributed by atoms with Gasteiger partial charge < -0.3 is 4.74 Å². The molecule has 0 bridgehead atoms. The van der Waals surface area contributed by atoms with E-state index in [1.807, 2.05) is 37.3 Å². The van der Waals surface area contributed by atoms with Crippen molar-refractivity contribution < 1.29 is 19.1 Å². The van der Waals surface area contributed by atoms with Crippen LogP contribution in [0.2, 0.25) is 0 Å². The number of ether oxygens (including phenoxy) is 1. The van der Waals surface area contributed by atoms with Crippen LogP contribution in [0, 0.1) is 5.41 Å².